The number of unbranched alkanes of at least 4 members (excludes halogenated alkanes) is 1. The smallest absolute Gasteiger partial charge is 0.336 e. The maximum atomic E-state index is 11.7. The van der Waals surface area contributed by atoms with Crippen molar-refractivity contribution in [2.24, 2.45) is 5.73 Å². The normalized spacial score (nSPS) is 11.1. The van der Waals surface area contributed by atoms with Crippen molar-refractivity contribution in [2.45, 2.75) is 26.2 Å². The van der Waals surface area contributed by atoms with Gasteiger partial charge in [-0.15, -0.1) is 0 Å². The Labute approximate surface area is 140 Å². The summed E-state index contributed by atoms with van der Waals surface area (Å²) >= 11 is 0. The average Bonchev–Trinajstić information content (AvgIpc) is 2.96. The summed E-state index contributed by atoms with van der Waals surface area (Å²) in [5, 5.41) is 10.4. The average molecular weight is 323 g/mol. The standard InChI is InChI=1S/C19H21N3O2/c1-12-8-9-14(19(23)24)16-13(6-2-4-10-20)18(22-17(12)16)15-7-3-5-11-21-15/h3,5,7-9,11,22H,2,4,6,10,20H2,1H3,(H,23,24). The highest BCUT2D eigenvalue weighted by Crippen LogP contribution is 2.34. The fourth-order valence-electron chi connectivity index (χ4n) is 3.11. The van der Waals surface area contributed by atoms with E-state index in [-0.39, 0.29) is 0 Å². The number of aromatic amines is 1. The van der Waals surface area contributed by atoms with E-state index in [0.717, 1.165) is 52.7 Å². The Morgan fingerprint density at radius 3 is 2.75 bits per heavy atom. The van der Waals surface area contributed by atoms with Gasteiger partial charge in [0.1, 0.15) is 0 Å². The van der Waals surface area contributed by atoms with Crippen LogP contribution < -0.4 is 5.73 Å². The van der Waals surface area contributed by atoms with Crippen LogP contribution >= 0.6 is 0 Å². The molecule has 24 heavy (non-hydrogen) atoms. The zero-order valence-electron chi connectivity index (χ0n) is 13.7. The summed E-state index contributed by atoms with van der Waals surface area (Å²) in [7, 11) is 0. The van der Waals surface area contributed by atoms with E-state index in [9.17, 15) is 9.90 Å². The number of pyridine rings is 1. The van der Waals surface area contributed by atoms with Crippen LogP contribution in [0.25, 0.3) is 22.3 Å². The predicted molar refractivity (Wildman–Crippen MR) is 95.2 cm³/mol. The van der Waals surface area contributed by atoms with E-state index in [0.29, 0.717) is 12.1 Å². The molecule has 2 heterocycles. The van der Waals surface area contributed by atoms with Gasteiger partial charge < -0.3 is 15.8 Å². The van der Waals surface area contributed by atoms with E-state index in [4.69, 9.17) is 5.73 Å². The molecular weight excluding hydrogens is 302 g/mol. The van der Waals surface area contributed by atoms with Gasteiger partial charge in [-0.1, -0.05) is 12.1 Å². The Morgan fingerprint density at radius 2 is 2.08 bits per heavy atom. The zero-order valence-corrected chi connectivity index (χ0v) is 13.7. The van der Waals surface area contributed by atoms with E-state index in [1.807, 2.05) is 31.2 Å². The van der Waals surface area contributed by atoms with Gasteiger partial charge in [0.05, 0.1) is 22.5 Å². The minimum absolute atomic E-state index is 0.330. The van der Waals surface area contributed by atoms with Gasteiger partial charge >= 0.3 is 5.97 Å². The molecule has 0 atom stereocenters. The first-order chi connectivity index (χ1) is 11.6. The van der Waals surface area contributed by atoms with Crippen molar-refractivity contribution in [2.75, 3.05) is 6.54 Å². The zero-order chi connectivity index (χ0) is 17.1. The highest BCUT2D eigenvalue weighted by molar-refractivity contribution is 6.07. The lowest BCUT2D eigenvalue weighted by atomic mass is 9.97. The van der Waals surface area contributed by atoms with Gasteiger partial charge in [-0.2, -0.15) is 0 Å². The number of hydrogen-bond acceptors (Lipinski definition) is 3. The first kappa shape index (κ1) is 16.2. The molecule has 0 aliphatic heterocycles. The molecule has 3 aromatic rings. The van der Waals surface area contributed by atoms with Crippen LogP contribution in [-0.4, -0.2) is 27.6 Å². The molecule has 0 amide bonds. The fourth-order valence-corrected chi connectivity index (χ4v) is 3.11. The summed E-state index contributed by atoms with van der Waals surface area (Å²) in [6.07, 6.45) is 4.33. The number of aromatic carboxylic acids is 1. The van der Waals surface area contributed by atoms with Crippen LogP contribution in [-0.2, 0) is 6.42 Å². The predicted octanol–water partition coefficient (Wildman–Crippen LogP) is 3.52. The lowest BCUT2D eigenvalue weighted by molar-refractivity contribution is 0.0699. The Hall–Kier alpha value is -2.66. The molecule has 124 valence electrons. The summed E-state index contributed by atoms with van der Waals surface area (Å²) in [6.45, 7) is 2.61. The third-order valence-corrected chi connectivity index (χ3v) is 4.30. The van der Waals surface area contributed by atoms with Gasteiger partial charge in [-0.05, 0) is 62.1 Å². The van der Waals surface area contributed by atoms with Gasteiger partial charge in [0.2, 0.25) is 0 Å². The second kappa shape index (κ2) is 6.84. The molecule has 0 unspecified atom stereocenters. The maximum Gasteiger partial charge on any atom is 0.336 e. The van der Waals surface area contributed by atoms with Crippen molar-refractivity contribution < 1.29 is 9.90 Å². The third-order valence-electron chi connectivity index (χ3n) is 4.30. The van der Waals surface area contributed by atoms with Crippen molar-refractivity contribution >= 4 is 16.9 Å². The molecule has 2 aromatic heterocycles. The number of carbonyl (C=O) groups is 1. The van der Waals surface area contributed by atoms with Gasteiger partial charge in [0.25, 0.3) is 0 Å². The van der Waals surface area contributed by atoms with Crippen molar-refractivity contribution in [3.8, 4) is 11.4 Å². The Balaban J connectivity index is 2.27. The number of H-pyrrole nitrogens is 1. The van der Waals surface area contributed by atoms with E-state index >= 15 is 0 Å². The van der Waals surface area contributed by atoms with Crippen LogP contribution in [0.5, 0.6) is 0 Å². The molecule has 5 nitrogen and oxygen atoms in total. The molecule has 4 N–H and O–H groups in total. The topological polar surface area (TPSA) is 92.0 Å². The number of nitrogens with zero attached hydrogens (tertiary/aromatic N) is 1. The second-order valence-electron chi connectivity index (χ2n) is 5.92. The fraction of sp³-hybridized carbons (Fsp3) is 0.263. The minimum atomic E-state index is -0.911. The van der Waals surface area contributed by atoms with E-state index < -0.39 is 5.97 Å². The number of aryl methyl sites for hydroxylation is 2. The Kier molecular flexibility index (Phi) is 4.62. The SMILES string of the molecule is Cc1ccc(C(=O)O)c2c(CCCCN)c(-c3ccccn3)[nH]c12. The first-order valence-electron chi connectivity index (χ1n) is 8.12. The van der Waals surface area contributed by atoms with Crippen LogP contribution in [0.1, 0.15) is 34.3 Å². The number of fused-ring (bicyclic) bond motifs is 1. The third kappa shape index (κ3) is 2.90. The number of hydrogen-bond donors (Lipinski definition) is 3. The maximum absolute atomic E-state index is 11.7. The quantitative estimate of drug-likeness (QED) is 0.605. The van der Waals surface area contributed by atoms with Crippen molar-refractivity contribution in [3.05, 3.63) is 53.2 Å². The Morgan fingerprint density at radius 1 is 1.25 bits per heavy atom. The Bertz CT molecular complexity index is 869. The summed E-state index contributed by atoms with van der Waals surface area (Å²) in [6, 6.07) is 9.26. The summed E-state index contributed by atoms with van der Waals surface area (Å²) < 4.78 is 0. The lowest BCUT2D eigenvalue weighted by Gasteiger charge is -2.06. The van der Waals surface area contributed by atoms with Crippen LogP contribution in [0.15, 0.2) is 36.5 Å². The number of nitrogens with one attached hydrogen (secondary N) is 1. The van der Waals surface area contributed by atoms with Crippen molar-refractivity contribution in [1.82, 2.24) is 9.97 Å². The summed E-state index contributed by atoms with van der Waals surface area (Å²) in [5.41, 5.74) is 10.6. The molecule has 0 saturated carbocycles. The van der Waals surface area contributed by atoms with Crippen LogP contribution in [0.2, 0.25) is 0 Å². The van der Waals surface area contributed by atoms with Crippen molar-refractivity contribution in [1.29, 1.82) is 0 Å². The number of aromatic nitrogens is 2. The highest BCUT2D eigenvalue weighted by atomic mass is 16.4. The molecule has 1 aromatic carbocycles. The summed E-state index contributed by atoms with van der Waals surface area (Å²) in [5.74, 6) is -0.911. The largest absolute Gasteiger partial charge is 0.478 e. The molecule has 5 heteroatoms. The van der Waals surface area contributed by atoms with E-state index in [2.05, 4.69) is 9.97 Å². The number of carboxylic acids is 1. The van der Waals surface area contributed by atoms with E-state index in [1.54, 1.807) is 12.3 Å². The van der Waals surface area contributed by atoms with Crippen LogP contribution in [0.4, 0.5) is 0 Å². The number of rotatable bonds is 6. The molecule has 0 bridgehead atoms. The van der Waals surface area contributed by atoms with Crippen LogP contribution in [0, 0.1) is 6.92 Å². The summed E-state index contributed by atoms with van der Waals surface area (Å²) in [4.78, 5) is 19.6. The minimum Gasteiger partial charge on any atom is -0.478 e. The lowest BCUT2D eigenvalue weighted by Crippen LogP contribution is -2.01. The van der Waals surface area contributed by atoms with Gasteiger partial charge in [-0.25, -0.2) is 4.79 Å². The molecule has 0 spiro atoms. The molecule has 0 aliphatic rings. The molecule has 3 rings (SSSR count). The van der Waals surface area contributed by atoms with E-state index in [1.165, 1.54) is 0 Å². The highest BCUT2D eigenvalue weighted by Gasteiger charge is 2.20. The van der Waals surface area contributed by atoms with Gasteiger partial charge in [0, 0.05) is 11.6 Å². The van der Waals surface area contributed by atoms with Gasteiger partial charge in [0.15, 0.2) is 0 Å². The number of nitrogens with two attached hydrogens (primary N) is 1. The van der Waals surface area contributed by atoms with Crippen molar-refractivity contribution in [3.63, 3.8) is 0 Å². The van der Waals surface area contributed by atoms with Gasteiger partial charge in [-0.3, -0.25) is 4.98 Å². The number of carboxylic acid groups (broad SMARTS) is 1. The molecule has 0 fully saturated rings. The number of benzene rings is 1. The first-order valence-corrected chi connectivity index (χ1v) is 8.12. The molecule has 0 saturated heterocycles. The molecular formula is C19H21N3O2. The monoisotopic (exact) mass is 323 g/mol. The molecule has 0 radical (unpaired) electrons. The van der Waals surface area contributed by atoms with Crippen LogP contribution in [0.3, 0.4) is 0 Å². The molecule has 0 aliphatic carbocycles. The second-order valence-corrected chi connectivity index (χ2v) is 5.92.